The molecule has 0 saturated carbocycles. The van der Waals surface area contributed by atoms with Crippen molar-refractivity contribution >= 4 is 22.8 Å². The largest absolute Gasteiger partial charge is 0.334 e. The Morgan fingerprint density at radius 3 is 2.60 bits per heavy atom. The summed E-state index contributed by atoms with van der Waals surface area (Å²) in [7, 11) is 0. The van der Waals surface area contributed by atoms with Crippen molar-refractivity contribution in [1.29, 1.82) is 0 Å². The molecule has 0 unspecified atom stereocenters. The first kappa shape index (κ1) is 15.6. The van der Waals surface area contributed by atoms with Gasteiger partial charge in [-0.25, -0.2) is 0 Å². The van der Waals surface area contributed by atoms with Gasteiger partial charge in [-0.1, -0.05) is 72.3 Å². The summed E-state index contributed by atoms with van der Waals surface area (Å²) in [6, 6.07) is 22.4. The first-order chi connectivity index (χ1) is 12.2. The van der Waals surface area contributed by atoms with Crippen LogP contribution in [0.4, 0.5) is 0 Å². The fourth-order valence-corrected chi connectivity index (χ4v) is 3.51. The Morgan fingerprint density at radius 1 is 0.920 bits per heavy atom. The van der Waals surface area contributed by atoms with Crippen LogP contribution in [0.25, 0.3) is 16.8 Å². The number of carbonyl (C=O) groups excluding carboxylic acids is 1. The van der Waals surface area contributed by atoms with Crippen LogP contribution in [0.2, 0.25) is 0 Å². The third-order valence-electron chi connectivity index (χ3n) is 4.90. The van der Waals surface area contributed by atoms with Crippen LogP contribution >= 0.6 is 0 Å². The van der Waals surface area contributed by atoms with Gasteiger partial charge < -0.3 is 4.90 Å². The van der Waals surface area contributed by atoms with E-state index in [0.29, 0.717) is 6.54 Å². The maximum absolute atomic E-state index is 13.3. The molecule has 1 heterocycles. The molecule has 0 radical (unpaired) electrons. The van der Waals surface area contributed by atoms with Crippen molar-refractivity contribution < 1.29 is 4.79 Å². The number of amides is 1. The predicted molar refractivity (Wildman–Crippen MR) is 103 cm³/mol. The smallest absolute Gasteiger partial charge is 0.254 e. The number of fused-ring (bicyclic) bond motifs is 2. The molecule has 2 heteroatoms. The predicted octanol–water partition coefficient (Wildman–Crippen LogP) is 5.29. The summed E-state index contributed by atoms with van der Waals surface area (Å²) in [5.41, 5.74) is 4.52. The van der Waals surface area contributed by atoms with E-state index in [1.165, 1.54) is 16.7 Å². The summed E-state index contributed by atoms with van der Waals surface area (Å²) < 4.78 is 0. The minimum Gasteiger partial charge on any atom is -0.334 e. The molecule has 0 aliphatic carbocycles. The van der Waals surface area contributed by atoms with Gasteiger partial charge in [0.2, 0.25) is 0 Å². The lowest BCUT2D eigenvalue weighted by Gasteiger charge is -2.26. The van der Waals surface area contributed by atoms with Crippen molar-refractivity contribution in [3.63, 3.8) is 0 Å². The molecule has 4 rings (SSSR count). The van der Waals surface area contributed by atoms with Crippen molar-refractivity contribution in [2.45, 2.75) is 19.9 Å². The summed E-state index contributed by atoms with van der Waals surface area (Å²) >= 11 is 0. The van der Waals surface area contributed by atoms with Gasteiger partial charge in [0.15, 0.2) is 0 Å². The van der Waals surface area contributed by atoms with Crippen LogP contribution in [0.5, 0.6) is 0 Å². The Hall–Kier alpha value is -2.87. The average molecular weight is 327 g/mol. The fourth-order valence-electron chi connectivity index (χ4n) is 3.51. The summed E-state index contributed by atoms with van der Waals surface area (Å²) in [6.07, 6.45) is 3.15. The van der Waals surface area contributed by atoms with E-state index < -0.39 is 0 Å². The van der Waals surface area contributed by atoms with E-state index in [0.717, 1.165) is 29.3 Å². The molecule has 25 heavy (non-hydrogen) atoms. The summed E-state index contributed by atoms with van der Waals surface area (Å²) in [6.45, 7) is 3.55. The highest BCUT2D eigenvalue weighted by atomic mass is 16.2. The van der Waals surface area contributed by atoms with Crippen LogP contribution in [0, 0.1) is 0 Å². The van der Waals surface area contributed by atoms with Gasteiger partial charge in [-0.15, -0.1) is 0 Å². The van der Waals surface area contributed by atoms with E-state index in [1.807, 2.05) is 41.3 Å². The van der Waals surface area contributed by atoms with Crippen molar-refractivity contribution in [3.8, 4) is 0 Å². The van der Waals surface area contributed by atoms with Gasteiger partial charge >= 0.3 is 0 Å². The van der Waals surface area contributed by atoms with E-state index in [9.17, 15) is 4.79 Å². The monoisotopic (exact) mass is 327 g/mol. The van der Waals surface area contributed by atoms with Gasteiger partial charge in [0.1, 0.15) is 0 Å². The number of hydrogen-bond donors (Lipinski definition) is 0. The van der Waals surface area contributed by atoms with Gasteiger partial charge in [-0.2, -0.15) is 0 Å². The molecule has 0 fully saturated rings. The lowest BCUT2D eigenvalue weighted by Crippen LogP contribution is -2.32. The Labute approximate surface area is 148 Å². The first-order valence-electron chi connectivity index (χ1n) is 8.74. The molecule has 124 valence electrons. The van der Waals surface area contributed by atoms with Crippen molar-refractivity contribution in [2.75, 3.05) is 6.54 Å². The van der Waals surface area contributed by atoms with E-state index in [4.69, 9.17) is 0 Å². The molecule has 0 spiro atoms. The lowest BCUT2D eigenvalue weighted by atomic mass is 9.99. The third-order valence-corrected chi connectivity index (χ3v) is 4.90. The van der Waals surface area contributed by atoms with Gasteiger partial charge in [0.25, 0.3) is 5.91 Å². The number of carbonyl (C=O) groups is 1. The quantitative estimate of drug-likeness (QED) is 0.595. The number of hydrogen-bond acceptors (Lipinski definition) is 1. The highest BCUT2D eigenvalue weighted by molar-refractivity contribution is 6.07. The van der Waals surface area contributed by atoms with Crippen LogP contribution in [0.3, 0.4) is 0 Å². The molecular weight excluding hydrogens is 306 g/mol. The molecule has 3 aromatic carbocycles. The summed E-state index contributed by atoms with van der Waals surface area (Å²) in [4.78, 5) is 15.3. The number of nitrogens with zero attached hydrogens (tertiary/aromatic N) is 1. The molecule has 1 aliphatic rings. The maximum atomic E-state index is 13.3. The van der Waals surface area contributed by atoms with Crippen molar-refractivity contribution in [2.24, 2.45) is 0 Å². The Kier molecular flexibility index (Phi) is 4.10. The molecule has 1 amide bonds. The standard InChI is InChI=1S/C23H21NO/c1-17-13-14-24(16-20-9-3-2-8-19(20)15-17)23(25)22-12-6-10-18-7-4-5-11-21(18)22/h2-12,15H,13-14,16H2,1H3. The summed E-state index contributed by atoms with van der Waals surface area (Å²) in [5, 5.41) is 2.13. The van der Waals surface area contributed by atoms with Gasteiger partial charge in [-0.3, -0.25) is 4.79 Å². The zero-order valence-corrected chi connectivity index (χ0v) is 14.4. The Morgan fingerprint density at radius 2 is 1.68 bits per heavy atom. The second-order valence-corrected chi connectivity index (χ2v) is 6.69. The van der Waals surface area contributed by atoms with E-state index in [-0.39, 0.29) is 5.91 Å². The van der Waals surface area contributed by atoms with Crippen LogP contribution in [0.1, 0.15) is 34.8 Å². The zero-order valence-electron chi connectivity index (χ0n) is 14.4. The van der Waals surface area contributed by atoms with Crippen LogP contribution < -0.4 is 0 Å². The van der Waals surface area contributed by atoms with Gasteiger partial charge in [-0.05, 0) is 41.3 Å². The lowest BCUT2D eigenvalue weighted by molar-refractivity contribution is 0.0746. The molecule has 3 aromatic rings. The Bertz CT molecular complexity index is 965. The van der Waals surface area contributed by atoms with Crippen molar-refractivity contribution in [1.82, 2.24) is 4.90 Å². The normalized spacial score (nSPS) is 14.4. The highest BCUT2D eigenvalue weighted by Gasteiger charge is 2.20. The molecule has 1 aliphatic heterocycles. The van der Waals surface area contributed by atoms with Gasteiger partial charge in [0.05, 0.1) is 0 Å². The third kappa shape index (κ3) is 3.08. The zero-order chi connectivity index (χ0) is 17.2. The molecule has 0 aromatic heterocycles. The van der Waals surface area contributed by atoms with Crippen LogP contribution in [-0.4, -0.2) is 17.4 Å². The molecule has 2 nitrogen and oxygen atoms in total. The fraction of sp³-hybridized carbons (Fsp3) is 0.174. The summed E-state index contributed by atoms with van der Waals surface area (Å²) in [5.74, 6) is 0.112. The number of rotatable bonds is 1. The number of benzene rings is 3. The maximum Gasteiger partial charge on any atom is 0.254 e. The topological polar surface area (TPSA) is 20.3 Å². The molecular formula is C23H21NO. The van der Waals surface area contributed by atoms with E-state index in [1.54, 1.807) is 0 Å². The second-order valence-electron chi connectivity index (χ2n) is 6.69. The SMILES string of the molecule is CC1=Cc2ccccc2CN(C(=O)c2cccc3ccccc23)CC1. The molecule has 0 N–H and O–H groups in total. The molecule has 0 atom stereocenters. The van der Waals surface area contributed by atoms with E-state index in [2.05, 4.69) is 43.3 Å². The van der Waals surface area contributed by atoms with Crippen molar-refractivity contribution in [3.05, 3.63) is 89.0 Å². The van der Waals surface area contributed by atoms with Gasteiger partial charge in [0, 0.05) is 18.7 Å². The Balaban J connectivity index is 1.74. The molecule has 0 bridgehead atoms. The van der Waals surface area contributed by atoms with Crippen LogP contribution in [0.15, 0.2) is 72.3 Å². The minimum absolute atomic E-state index is 0.112. The first-order valence-corrected chi connectivity index (χ1v) is 8.74. The van der Waals surface area contributed by atoms with Crippen LogP contribution in [-0.2, 0) is 6.54 Å². The average Bonchev–Trinajstić information content (AvgIpc) is 2.63. The molecule has 0 saturated heterocycles. The van der Waals surface area contributed by atoms with E-state index >= 15 is 0 Å². The highest BCUT2D eigenvalue weighted by Crippen LogP contribution is 2.24. The second kappa shape index (κ2) is 6.56. The minimum atomic E-state index is 0.112.